The molecule has 0 heterocycles. The molecular formula is C9H6BrF2N. The van der Waals surface area contributed by atoms with Crippen LogP contribution in [0.3, 0.4) is 0 Å². The van der Waals surface area contributed by atoms with Crippen molar-refractivity contribution in [1.29, 1.82) is 0 Å². The van der Waals surface area contributed by atoms with Crippen LogP contribution in [-0.4, -0.2) is 5.33 Å². The highest BCUT2D eigenvalue weighted by atomic mass is 79.9. The van der Waals surface area contributed by atoms with Crippen LogP contribution in [0.25, 0.3) is 0 Å². The van der Waals surface area contributed by atoms with Crippen LogP contribution in [0.2, 0.25) is 0 Å². The van der Waals surface area contributed by atoms with Crippen molar-refractivity contribution in [3.63, 3.8) is 0 Å². The van der Waals surface area contributed by atoms with E-state index in [-0.39, 0.29) is 11.3 Å². The third-order valence-electron chi connectivity index (χ3n) is 1.38. The maximum absolute atomic E-state index is 12.9. The zero-order chi connectivity index (χ0) is 9.84. The van der Waals surface area contributed by atoms with Gasteiger partial charge >= 0.3 is 0 Å². The van der Waals surface area contributed by atoms with E-state index in [1.54, 1.807) is 0 Å². The molecule has 0 fully saturated rings. The molecule has 0 aromatic heterocycles. The van der Waals surface area contributed by atoms with Crippen LogP contribution in [-0.2, 0) is 0 Å². The lowest BCUT2D eigenvalue weighted by Gasteiger charge is -1.98. The van der Waals surface area contributed by atoms with Crippen LogP contribution >= 0.6 is 15.9 Å². The number of hydrogen-bond acceptors (Lipinski definition) is 1. The number of hydrogen-bond donors (Lipinski definition) is 1. The van der Waals surface area contributed by atoms with Crippen molar-refractivity contribution in [2.45, 2.75) is 0 Å². The lowest BCUT2D eigenvalue weighted by molar-refractivity contribution is 0.584. The summed E-state index contributed by atoms with van der Waals surface area (Å²) in [6.45, 7) is 0. The van der Waals surface area contributed by atoms with Gasteiger partial charge in [-0.2, -0.15) is 0 Å². The Hall–Kier alpha value is -1.08. The number of anilines is 1. The van der Waals surface area contributed by atoms with Gasteiger partial charge in [0.15, 0.2) is 0 Å². The van der Waals surface area contributed by atoms with Gasteiger partial charge in [0.25, 0.3) is 0 Å². The molecule has 0 saturated heterocycles. The average Bonchev–Trinajstić information content (AvgIpc) is 2.09. The van der Waals surface area contributed by atoms with E-state index in [9.17, 15) is 8.78 Å². The summed E-state index contributed by atoms with van der Waals surface area (Å²) in [6, 6.07) is 1.91. The molecule has 0 atom stereocenters. The minimum absolute atomic E-state index is 0.0970. The summed E-state index contributed by atoms with van der Waals surface area (Å²) < 4.78 is 25.6. The molecule has 4 heteroatoms. The summed E-state index contributed by atoms with van der Waals surface area (Å²) in [6.07, 6.45) is 0. The van der Waals surface area contributed by atoms with Crippen molar-refractivity contribution in [2.75, 3.05) is 11.1 Å². The Morgan fingerprint density at radius 2 is 2.00 bits per heavy atom. The van der Waals surface area contributed by atoms with E-state index in [2.05, 4.69) is 27.8 Å². The van der Waals surface area contributed by atoms with Crippen LogP contribution in [0.1, 0.15) is 5.56 Å². The molecule has 1 nitrogen and oxygen atoms in total. The third kappa shape index (κ3) is 2.43. The maximum atomic E-state index is 12.9. The van der Waals surface area contributed by atoms with Gasteiger partial charge in [-0.05, 0) is 6.07 Å². The second-order valence-corrected chi connectivity index (χ2v) is 2.85. The Morgan fingerprint density at radius 1 is 1.31 bits per heavy atom. The highest BCUT2D eigenvalue weighted by molar-refractivity contribution is 9.09. The van der Waals surface area contributed by atoms with Gasteiger partial charge in [0.05, 0.1) is 16.6 Å². The lowest BCUT2D eigenvalue weighted by Crippen LogP contribution is -1.94. The number of alkyl halides is 1. The zero-order valence-corrected chi connectivity index (χ0v) is 8.16. The third-order valence-corrected chi connectivity index (χ3v) is 1.66. The Bertz CT molecular complexity index is 379. The predicted octanol–water partition coefficient (Wildman–Crippen LogP) is 2.29. The molecule has 1 rings (SSSR count). The summed E-state index contributed by atoms with van der Waals surface area (Å²) in [4.78, 5) is 0. The average molecular weight is 246 g/mol. The summed E-state index contributed by atoms with van der Waals surface area (Å²) in [7, 11) is 0. The molecule has 0 aliphatic heterocycles. The Labute approximate surface area is 83.1 Å². The second kappa shape index (κ2) is 4.24. The fourth-order valence-electron chi connectivity index (χ4n) is 0.790. The molecule has 0 bridgehead atoms. The molecule has 0 amide bonds. The molecule has 68 valence electrons. The molecule has 0 spiro atoms. The van der Waals surface area contributed by atoms with E-state index >= 15 is 0 Å². The summed E-state index contributed by atoms with van der Waals surface area (Å²) in [5.41, 5.74) is 5.25. The first-order valence-corrected chi connectivity index (χ1v) is 4.56. The molecule has 1 aromatic carbocycles. The van der Waals surface area contributed by atoms with Gasteiger partial charge in [-0.25, -0.2) is 8.78 Å². The summed E-state index contributed by atoms with van der Waals surface area (Å²) in [5, 5.41) is 0.434. The standard InChI is InChI=1S/C9H6BrF2N/c10-3-1-2-6-4-9(13)8(12)5-7(6)11/h4-5H,3,13H2. The van der Waals surface area contributed by atoms with E-state index < -0.39 is 11.6 Å². The highest BCUT2D eigenvalue weighted by Gasteiger charge is 2.04. The van der Waals surface area contributed by atoms with Gasteiger partial charge in [0.1, 0.15) is 11.6 Å². The van der Waals surface area contributed by atoms with Crippen molar-refractivity contribution in [1.82, 2.24) is 0 Å². The monoisotopic (exact) mass is 245 g/mol. The maximum Gasteiger partial charge on any atom is 0.149 e. The molecule has 0 aliphatic rings. The molecule has 13 heavy (non-hydrogen) atoms. The van der Waals surface area contributed by atoms with Gasteiger partial charge in [-0.15, -0.1) is 0 Å². The topological polar surface area (TPSA) is 26.0 Å². The van der Waals surface area contributed by atoms with E-state index in [0.29, 0.717) is 5.33 Å². The Kier molecular flexibility index (Phi) is 3.26. The van der Waals surface area contributed by atoms with Gasteiger partial charge in [-0.3, -0.25) is 0 Å². The molecule has 0 aliphatic carbocycles. The van der Waals surface area contributed by atoms with Crippen LogP contribution in [0.5, 0.6) is 0 Å². The Balaban J connectivity index is 3.16. The van der Waals surface area contributed by atoms with Crippen molar-refractivity contribution in [3.05, 3.63) is 29.3 Å². The number of rotatable bonds is 0. The van der Waals surface area contributed by atoms with Gasteiger partial charge in [0.2, 0.25) is 0 Å². The largest absolute Gasteiger partial charge is 0.396 e. The van der Waals surface area contributed by atoms with E-state index in [1.807, 2.05) is 0 Å². The number of nitrogen functional groups attached to an aromatic ring is 1. The molecule has 0 unspecified atom stereocenters. The fraction of sp³-hybridized carbons (Fsp3) is 0.111. The molecular weight excluding hydrogens is 240 g/mol. The molecule has 0 saturated carbocycles. The minimum atomic E-state index is -0.762. The molecule has 1 aromatic rings. The quantitative estimate of drug-likeness (QED) is 0.424. The smallest absolute Gasteiger partial charge is 0.149 e. The van der Waals surface area contributed by atoms with Crippen molar-refractivity contribution >= 4 is 21.6 Å². The number of benzene rings is 1. The first-order chi connectivity index (χ1) is 6.15. The van der Waals surface area contributed by atoms with Gasteiger partial charge < -0.3 is 5.73 Å². The normalized spacial score (nSPS) is 9.15. The summed E-state index contributed by atoms with van der Waals surface area (Å²) in [5.74, 6) is 3.66. The van der Waals surface area contributed by atoms with Crippen LogP contribution < -0.4 is 5.73 Å². The Morgan fingerprint density at radius 3 is 2.62 bits per heavy atom. The fourth-order valence-corrected chi connectivity index (χ4v) is 0.930. The van der Waals surface area contributed by atoms with E-state index in [1.165, 1.54) is 6.07 Å². The van der Waals surface area contributed by atoms with Crippen LogP contribution in [0.15, 0.2) is 12.1 Å². The van der Waals surface area contributed by atoms with Crippen molar-refractivity contribution in [3.8, 4) is 11.8 Å². The summed E-state index contributed by atoms with van der Waals surface area (Å²) >= 11 is 3.06. The highest BCUT2D eigenvalue weighted by Crippen LogP contribution is 2.15. The molecule has 0 radical (unpaired) electrons. The van der Waals surface area contributed by atoms with Crippen LogP contribution in [0, 0.1) is 23.5 Å². The lowest BCUT2D eigenvalue weighted by atomic mass is 10.2. The van der Waals surface area contributed by atoms with Gasteiger partial charge in [-0.1, -0.05) is 27.8 Å². The second-order valence-electron chi connectivity index (χ2n) is 2.29. The molecule has 2 N–H and O–H groups in total. The first-order valence-electron chi connectivity index (χ1n) is 3.44. The van der Waals surface area contributed by atoms with Gasteiger partial charge in [0, 0.05) is 6.07 Å². The van der Waals surface area contributed by atoms with Crippen LogP contribution in [0.4, 0.5) is 14.5 Å². The number of nitrogens with two attached hydrogens (primary N) is 1. The minimum Gasteiger partial charge on any atom is -0.396 e. The van der Waals surface area contributed by atoms with Crippen molar-refractivity contribution < 1.29 is 8.78 Å². The predicted molar refractivity (Wildman–Crippen MR) is 51.4 cm³/mol. The zero-order valence-electron chi connectivity index (χ0n) is 6.57. The first kappa shape index (κ1) is 10.0. The van der Waals surface area contributed by atoms with Crippen molar-refractivity contribution in [2.24, 2.45) is 0 Å². The SMILES string of the molecule is Nc1cc(C#CCBr)c(F)cc1F. The van der Waals surface area contributed by atoms with E-state index in [4.69, 9.17) is 5.73 Å². The van der Waals surface area contributed by atoms with E-state index in [0.717, 1.165) is 6.07 Å². The number of halogens is 3.